The number of aryl methyl sites for hydroxylation is 1. The maximum atomic E-state index is 14.5. The van der Waals surface area contributed by atoms with Gasteiger partial charge < -0.3 is 20.9 Å². The molecule has 9 heteroatoms. The molecule has 1 aliphatic heterocycles. The molecule has 3 N–H and O–H groups in total. The molecule has 4 amide bonds. The molecule has 1 saturated carbocycles. The molecule has 0 bridgehead atoms. The van der Waals surface area contributed by atoms with Gasteiger partial charge in [0.1, 0.15) is 12.1 Å². The lowest BCUT2D eigenvalue weighted by Gasteiger charge is -2.35. The second kappa shape index (κ2) is 14.0. The number of hydrogen-bond donors (Lipinski definition) is 3. The van der Waals surface area contributed by atoms with Crippen LogP contribution >= 0.6 is 0 Å². The molecule has 2 fully saturated rings. The van der Waals surface area contributed by atoms with Crippen LogP contribution in [0.15, 0.2) is 67.3 Å². The Hall–Kier alpha value is -4.27. The van der Waals surface area contributed by atoms with E-state index in [1.807, 2.05) is 49.4 Å². The fourth-order valence-electron chi connectivity index (χ4n) is 7.57. The number of carbonyl (C=O) groups is 5. The molecule has 0 aromatic heterocycles. The van der Waals surface area contributed by atoms with Crippen LogP contribution in [0.25, 0.3) is 0 Å². The third-order valence-corrected chi connectivity index (χ3v) is 10.2. The van der Waals surface area contributed by atoms with Crippen LogP contribution in [0, 0.1) is 23.2 Å². The molecule has 5 atom stereocenters. The van der Waals surface area contributed by atoms with Crippen LogP contribution in [-0.2, 0) is 43.2 Å². The molecule has 46 heavy (non-hydrogen) atoms. The first kappa shape index (κ1) is 33.1. The summed E-state index contributed by atoms with van der Waals surface area (Å²) in [5.41, 5.74) is 3.22. The first-order chi connectivity index (χ1) is 22.1. The molecule has 244 valence electrons. The molecular weight excluding hydrogens is 580 g/mol. The van der Waals surface area contributed by atoms with Crippen LogP contribution in [0.5, 0.6) is 0 Å². The zero-order chi connectivity index (χ0) is 33.0. The van der Waals surface area contributed by atoms with Crippen molar-refractivity contribution in [3.63, 3.8) is 0 Å². The highest BCUT2D eigenvalue weighted by Crippen LogP contribution is 2.65. The summed E-state index contributed by atoms with van der Waals surface area (Å²) in [5.74, 6) is -2.51. The summed E-state index contributed by atoms with van der Waals surface area (Å²) < 4.78 is 0. The van der Waals surface area contributed by atoms with Gasteiger partial charge in [-0.05, 0) is 65.5 Å². The van der Waals surface area contributed by atoms with E-state index in [9.17, 15) is 24.0 Å². The van der Waals surface area contributed by atoms with Gasteiger partial charge in [0.25, 0.3) is 5.91 Å². The van der Waals surface area contributed by atoms with E-state index in [1.54, 1.807) is 4.90 Å². The van der Waals surface area contributed by atoms with Gasteiger partial charge in [-0.3, -0.25) is 24.0 Å². The molecule has 2 aliphatic carbocycles. The minimum atomic E-state index is -1.00. The Morgan fingerprint density at radius 2 is 1.63 bits per heavy atom. The van der Waals surface area contributed by atoms with Gasteiger partial charge in [-0.2, -0.15) is 0 Å². The van der Waals surface area contributed by atoms with Gasteiger partial charge in [0, 0.05) is 19.5 Å². The quantitative estimate of drug-likeness (QED) is 0.220. The van der Waals surface area contributed by atoms with Crippen LogP contribution in [0.4, 0.5) is 0 Å². The normalized spacial score (nSPS) is 22.2. The number of likely N-dealkylation sites (tertiary alicyclic amines) is 1. The molecule has 1 saturated heterocycles. The van der Waals surface area contributed by atoms with Gasteiger partial charge in [0.05, 0.1) is 6.04 Å². The van der Waals surface area contributed by atoms with Crippen LogP contribution < -0.4 is 16.0 Å². The maximum absolute atomic E-state index is 14.5. The molecule has 0 spiro atoms. The highest BCUT2D eigenvalue weighted by Gasteiger charge is 2.69. The van der Waals surface area contributed by atoms with Crippen LogP contribution in [0.2, 0.25) is 0 Å². The molecule has 3 unspecified atom stereocenters. The zero-order valence-electron chi connectivity index (χ0n) is 27.1. The zero-order valence-corrected chi connectivity index (χ0v) is 27.1. The summed E-state index contributed by atoms with van der Waals surface area (Å²) in [7, 11) is 0. The lowest BCUT2D eigenvalue weighted by molar-refractivity contribution is -0.145. The Labute approximate surface area is 271 Å². The van der Waals surface area contributed by atoms with Gasteiger partial charge in [-0.25, -0.2) is 0 Å². The van der Waals surface area contributed by atoms with E-state index in [4.69, 9.17) is 0 Å². The van der Waals surface area contributed by atoms with E-state index in [0.717, 1.165) is 5.56 Å². The maximum Gasteiger partial charge on any atom is 0.289 e. The summed E-state index contributed by atoms with van der Waals surface area (Å²) >= 11 is 0. The van der Waals surface area contributed by atoms with Crippen molar-refractivity contribution in [2.45, 2.75) is 77.4 Å². The van der Waals surface area contributed by atoms with Crippen molar-refractivity contribution in [3.05, 3.63) is 83.9 Å². The third-order valence-electron chi connectivity index (χ3n) is 10.2. The van der Waals surface area contributed by atoms with Crippen LogP contribution in [-0.4, -0.2) is 65.5 Å². The van der Waals surface area contributed by atoms with Crippen molar-refractivity contribution >= 4 is 29.4 Å². The highest BCUT2D eigenvalue weighted by molar-refractivity contribution is 6.38. The predicted molar refractivity (Wildman–Crippen MR) is 175 cm³/mol. The molecule has 2 aromatic carbocycles. The average Bonchev–Trinajstić information content (AvgIpc) is 3.41. The summed E-state index contributed by atoms with van der Waals surface area (Å²) in [6.07, 6.45) is 4.46. The van der Waals surface area contributed by atoms with Crippen molar-refractivity contribution in [1.29, 1.82) is 0 Å². The second-order valence-electron chi connectivity index (χ2n) is 13.6. The molecule has 1 heterocycles. The van der Waals surface area contributed by atoms with E-state index in [1.165, 1.54) is 17.2 Å². The fraction of sp³-hybridized carbons (Fsp3) is 0.486. The van der Waals surface area contributed by atoms with Crippen molar-refractivity contribution < 1.29 is 24.0 Å². The second-order valence-corrected chi connectivity index (χ2v) is 13.6. The van der Waals surface area contributed by atoms with Crippen molar-refractivity contribution in [2.24, 2.45) is 23.2 Å². The summed E-state index contributed by atoms with van der Waals surface area (Å²) in [5, 5.41) is 8.43. The van der Waals surface area contributed by atoms with E-state index in [0.29, 0.717) is 38.6 Å². The number of rotatable bonds is 14. The van der Waals surface area contributed by atoms with Gasteiger partial charge >= 0.3 is 0 Å². The summed E-state index contributed by atoms with van der Waals surface area (Å²) in [6, 6.07) is 15.3. The monoisotopic (exact) mass is 626 g/mol. The highest BCUT2D eigenvalue weighted by atomic mass is 16.2. The first-order valence-electron chi connectivity index (χ1n) is 16.5. The number of fused-ring (bicyclic) bond motifs is 2. The number of ketones is 1. The van der Waals surface area contributed by atoms with Gasteiger partial charge in [-0.15, -0.1) is 6.58 Å². The molecule has 0 radical (unpaired) electrons. The van der Waals surface area contributed by atoms with Gasteiger partial charge in [0.2, 0.25) is 23.5 Å². The summed E-state index contributed by atoms with van der Waals surface area (Å²) in [6.45, 7) is 10.2. The number of nitrogens with zero attached hydrogens (tertiary/aromatic N) is 1. The Balaban J connectivity index is 1.36. The fourth-order valence-corrected chi connectivity index (χ4v) is 7.57. The number of piperidine rings is 1. The van der Waals surface area contributed by atoms with Crippen LogP contribution in [0.3, 0.4) is 0 Å². The largest absolute Gasteiger partial charge is 0.346 e. The first-order valence-corrected chi connectivity index (χ1v) is 16.5. The van der Waals surface area contributed by atoms with Crippen LogP contribution in [0.1, 0.15) is 56.7 Å². The van der Waals surface area contributed by atoms with E-state index in [2.05, 4.69) is 48.5 Å². The van der Waals surface area contributed by atoms with Gasteiger partial charge in [-0.1, -0.05) is 87.9 Å². The predicted octanol–water partition coefficient (Wildman–Crippen LogP) is 3.16. The molecule has 5 rings (SSSR count). The Morgan fingerprint density at radius 1 is 0.978 bits per heavy atom. The molecule has 2 aromatic rings. The van der Waals surface area contributed by atoms with E-state index < -0.39 is 35.7 Å². The number of amides is 4. The average molecular weight is 627 g/mol. The molecule has 3 aliphatic rings. The lowest BCUT2D eigenvalue weighted by Crippen LogP contribution is -2.59. The minimum Gasteiger partial charge on any atom is -0.346 e. The van der Waals surface area contributed by atoms with Crippen molar-refractivity contribution in [2.75, 3.05) is 13.1 Å². The SMILES string of the molecule is C=CCNC(=O)C(=O)C(CCC)NC(=O)[C@@H]1C2C(CN1C(=O)[C@@H](NC(=O)CCc1ccccc1)C1Cc3ccccc3C1)C2(C)C. The standard InChI is InChI=1S/C37H46N4O5/c1-5-12-28(33(43)35(45)38-19-6-2)39-34(44)32-30-27(37(30,3)4)22-41(32)36(46)31(26-20-24-15-10-11-16-25(24)21-26)40-29(42)18-17-23-13-8-7-9-14-23/h6-11,13-16,26-28,30-32H,2,5,12,17-22H2,1,3-4H3,(H,38,45)(H,39,44)(H,40,42)/t27?,28?,30?,31-,32-/m0/s1. The molecular formula is C37H46N4O5. The Bertz CT molecular complexity index is 1460. The van der Waals surface area contributed by atoms with Crippen molar-refractivity contribution in [3.8, 4) is 0 Å². The third kappa shape index (κ3) is 6.93. The minimum absolute atomic E-state index is 0.0846. The number of nitrogens with one attached hydrogen (secondary N) is 3. The topological polar surface area (TPSA) is 125 Å². The van der Waals surface area contributed by atoms with Crippen molar-refractivity contribution in [1.82, 2.24) is 20.9 Å². The lowest BCUT2D eigenvalue weighted by atomic mass is 9.93. The Kier molecular flexibility index (Phi) is 10.1. The summed E-state index contributed by atoms with van der Waals surface area (Å²) in [4.78, 5) is 69.0. The number of hydrogen-bond acceptors (Lipinski definition) is 5. The number of Topliss-reactive ketones (excluding diaryl/α,β-unsaturated/α-hetero) is 1. The van der Waals surface area contributed by atoms with Gasteiger partial charge in [0.15, 0.2) is 0 Å². The number of carbonyl (C=O) groups excluding carboxylic acids is 5. The van der Waals surface area contributed by atoms with E-state index in [-0.39, 0.29) is 47.9 Å². The molecule has 9 nitrogen and oxygen atoms in total. The Morgan fingerprint density at radius 3 is 2.26 bits per heavy atom. The number of benzene rings is 2. The van der Waals surface area contributed by atoms with E-state index >= 15 is 0 Å². The smallest absolute Gasteiger partial charge is 0.289 e.